The van der Waals surface area contributed by atoms with Gasteiger partial charge in [-0.3, -0.25) is 4.90 Å². The van der Waals surface area contributed by atoms with Gasteiger partial charge in [-0.2, -0.15) is 90.8 Å². The largest absolute Gasteiger partial charge is 0.454 e. The molecule has 2 heterocycles. The predicted molar refractivity (Wildman–Crippen MR) is 170 cm³/mol. The van der Waals surface area contributed by atoms with Crippen LogP contribution >= 0.6 is 0 Å². The summed E-state index contributed by atoms with van der Waals surface area (Å²) >= 11 is 0. The molecule has 12 nitrogen and oxygen atoms in total. The van der Waals surface area contributed by atoms with Crippen LogP contribution in [-0.2, 0) is 0 Å². The average molecular weight is 858 g/mol. The number of nitrogens with zero attached hydrogens (tertiary/aromatic N) is 7. The van der Waals surface area contributed by atoms with Gasteiger partial charge in [-0.1, -0.05) is 36.4 Å². The van der Waals surface area contributed by atoms with Gasteiger partial charge in [0.15, 0.2) is 6.61 Å². The standard InChI is InChI=1S/C31H26F15N9O3/c32-27(33,34)16-56-24-50-21(49-23(53-24)55(17-10-4-1-5-11-17)18-12-6-2-7-13-18)47-14-8-3-9-15-48-22-51-25(57-19(28(35,36)37)29(38,39)40)54-26(52-22)58-20(30(41,42)43)31(44,45)46/h1-2,4-7,10-13,19-20H,3,8-9,14-16H2,(H,47,49,50,53)(H,48,51,52,54). The molecule has 0 radical (unpaired) electrons. The summed E-state index contributed by atoms with van der Waals surface area (Å²) in [5.74, 6) is -1.49. The topological polar surface area (TPSA) is 132 Å². The zero-order valence-corrected chi connectivity index (χ0v) is 28.7. The molecule has 0 aliphatic carbocycles. The second-order valence-electron chi connectivity index (χ2n) is 11.5. The van der Waals surface area contributed by atoms with Crippen LogP contribution in [0.1, 0.15) is 19.3 Å². The van der Waals surface area contributed by atoms with E-state index in [2.05, 4.69) is 50.0 Å². The maximum absolute atomic E-state index is 13.1. The SMILES string of the molecule is FC(F)(F)COc1nc(NCCCCCNc2nc(OC(C(F)(F)F)C(F)(F)F)nc(OC(C(F)(F)F)C(F)(F)F)n2)nc(N(c2ccccc2)c2ccccc2)n1. The van der Waals surface area contributed by atoms with Crippen molar-refractivity contribution in [2.75, 3.05) is 35.2 Å². The molecule has 27 heteroatoms. The third-order valence-electron chi connectivity index (χ3n) is 6.85. The third kappa shape index (κ3) is 13.7. The fourth-order valence-electron chi connectivity index (χ4n) is 4.47. The maximum atomic E-state index is 13.1. The number of rotatable bonds is 17. The average Bonchev–Trinajstić information content (AvgIpc) is 3.10. The Morgan fingerprint density at radius 1 is 0.483 bits per heavy atom. The number of aromatic nitrogens is 6. The maximum Gasteiger partial charge on any atom is 0.434 e. The molecular weight excluding hydrogens is 831 g/mol. The molecule has 2 aromatic heterocycles. The number of unbranched alkanes of at least 4 members (excludes halogenated alkanes) is 2. The number of ether oxygens (including phenoxy) is 3. The van der Waals surface area contributed by atoms with E-state index in [4.69, 9.17) is 4.74 Å². The highest BCUT2D eigenvalue weighted by molar-refractivity contribution is 5.72. The first-order valence-corrected chi connectivity index (χ1v) is 16.1. The molecule has 0 fully saturated rings. The van der Waals surface area contributed by atoms with Crippen LogP contribution in [0.25, 0.3) is 0 Å². The summed E-state index contributed by atoms with van der Waals surface area (Å²) < 4.78 is 208. The number of para-hydroxylation sites is 2. The van der Waals surface area contributed by atoms with E-state index in [1.54, 1.807) is 60.7 Å². The first-order chi connectivity index (χ1) is 26.9. The summed E-state index contributed by atoms with van der Waals surface area (Å²) in [6.45, 7) is -2.05. The van der Waals surface area contributed by atoms with E-state index >= 15 is 0 Å². The molecule has 2 N–H and O–H groups in total. The van der Waals surface area contributed by atoms with Crippen LogP contribution < -0.4 is 29.7 Å². The summed E-state index contributed by atoms with van der Waals surface area (Å²) in [4.78, 5) is 22.6. The molecule has 0 bridgehead atoms. The van der Waals surface area contributed by atoms with Gasteiger partial charge in [0.1, 0.15) is 0 Å². The van der Waals surface area contributed by atoms with E-state index in [1.165, 1.54) is 4.90 Å². The van der Waals surface area contributed by atoms with Crippen molar-refractivity contribution in [1.82, 2.24) is 29.9 Å². The zero-order valence-electron chi connectivity index (χ0n) is 28.7. The minimum atomic E-state index is -6.18. The molecule has 0 unspecified atom stereocenters. The predicted octanol–water partition coefficient (Wildman–Crippen LogP) is 8.91. The Bertz CT molecular complexity index is 1780. The van der Waals surface area contributed by atoms with E-state index in [-0.39, 0.29) is 44.2 Å². The summed E-state index contributed by atoms with van der Waals surface area (Å²) in [5, 5.41) is 4.99. The van der Waals surface area contributed by atoms with Gasteiger partial charge in [-0.25, -0.2) is 0 Å². The van der Waals surface area contributed by atoms with Crippen LogP contribution in [-0.4, -0.2) is 92.7 Å². The van der Waals surface area contributed by atoms with Crippen LogP contribution in [0.15, 0.2) is 60.7 Å². The van der Waals surface area contributed by atoms with Crippen LogP contribution in [0.5, 0.6) is 18.0 Å². The van der Waals surface area contributed by atoms with E-state index in [1.807, 2.05) is 0 Å². The third-order valence-corrected chi connectivity index (χ3v) is 6.85. The van der Waals surface area contributed by atoms with Crippen molar-refractivity contribution >= 4 is 29.2 Å². The van der Waals surface area contributed by atoms with Gasteiger partial charge in [0.2, 0.25) is 17.8 Å². The fraction of sp³-hybridized carbons (Fsp3) is 0.419. The lowest BCUT2D eigenvalue weighted by Gasteiger charge is -2.24. The molecule has 2 aromatic carbocycles. The highest BCUT2D eigenvalue weighted by Gasteiger charge is 2.61. The molecular formula is C31H26F15N9O3. The number of nitrogens with one attached hydrogen (secondary N) is 2. The minimum absolute atomic E-state index is 0.0209. The summed E-state index contributed by atoms with van der Waals surface area (Å²) in [6.07, 6.45) is -38.3. The summed E-state index contributed by atoms with van der Waals surface area (Å²) in [5.41, 5.74) is 1.02. The molecule has 0 amide bonds. The Balaban J connectivity index is 1.46. The Kier molecular flexibility index (Phi) is 14.1. The molecule has 0 saturated heterocycles. The number of benzene rings is 2. The summed E-state index contributed by atoms with van der Waals surface area (Å²) in [6, 6.07) is 12.3. The zero-order chi connectivity index (χ0) is 42.9. The van der Waals surface area contributed by atoms with Crippen molar-refractivity contribution in [3.63, 3.8) is 0 Å². The van der Waals surface area contributed by atoms with Crippen molar-refractivity contribution < 1.29 is 80.1 Å². The molecule has 0 spiro atoms. The lowest BCUT2D eigenvalue weighted by Crippen LogP contribution is -2.47. The van der Waals surface area contributed by atoms with Crippen molar-refractivity contribution in [1.29, 1.82) is 0 Å². The molecule has 4 aromatic rings. The summed E-state index contributed by atoms with van der Waals surface area (Å²) in [7, 11) is 0. The van der Waals surface area contributed by atoms with Gasteiger partial charge in [0, 0.05) is 24.5 Å². The smallest absolute Gasteiger partial charge is 0.434 e. The number of hydrogen-bond acceptors (Lipinski definition) is 12. The lowest BCUT2D eigenvalue weighted by molar-refractivity contribution is -0.302. The van der Waals surface area contributed by atoms with Crippen LogP contribution in [0.3, 0.4) is 0 Å². The monoisotopic (exact) mass is 857 g/mol. The van der Waals surface area contributed by atoms with Crippen molar-refractivity contribution in [3.8, 4) is 18.0 Å². The van der Waals surface area contributed by atoms with Crippen LogP contribution in [0, 0.1) is 0 Å². The van der Waals surface area contributed by atoms with Gasteiger partial charge in [-0.05, 0) is 43.5 Å². The normalized spacial score (nSPS) is 12.8. The number of halogens is 15. The first kappa shape index (κ1) is 44.9. The fourth-order valence-corrected chi connectivity index (χ4v) is 4.47. The van der Waals surface area contributed by atoms with Gasteiger partial charge in [0.25, 0.3) is 12.2 Å². The van der Waals surface area contributed by atoms with Crippen molar-refractivity contribution in [3.05, 3.63) is 60.7 Å². The highest BCUT2D eigenvalue weighted by atomic mass is 19.4. The van der Waals surface area contributed by atoms with Crippen molar-refractivity contribution in [2.24, 2.45) is 0 Å². The molecule has 0 saturated carbocycles. The van der Waals surface area contributed by atoms with E-state index < -0.39 is 73.7 Å². The molecule has 58 heavy (non-hydrogen) atoms. The Labute approximate surface area is 315 Å². The second-order valence-corrected chi connectivity index (χ2v) is 11.5. The molecule has 0 aliphatic heterocycles. The molecule has 4 rings (SSSR count). The van der Waals surface area contributed by atoms with E-state index in [0.717, 1.165) is 0 Å². The van der Waals surface area contributed by atoms with Gasteiger partial charge in [-0.15, -0.1) is 4.98 Å². The Morgan fingerprint density at radius 2 is 0.879 bits per heavy atom. The van der Waals surface area contributed by atoms with E-state index in [9.17, 15) is 65.9 Å². The highest BCUT2D eigenvalue weighted by Crippen LogP contribution is 2.38. The van der Waals surface area contributed by atoms with Crippen LogP contribution in [0.4, 0.5) is 95.1 Å². The molecule has 0 atom stereocenters. The van der Waals surface area contributed by atoms with Crippen LogP contribution in [0.2, 0.25) is 0 Å². The minimum Gasteiger partial charge on any atom is -0.454 e. The number of anilines is 5. The number of hydrogen-bond donors (Lipinski definition) is 2. The Morgan fingerprint density at radius 3 is 1.28 bits per heavy atom. The van der Waals surface area contributed by atoms with Crippen molar-refractivity contribution in [2.45, 2.75) is 62.4 Å². The number of alkyl halides is 15. The molecule has 0 aliphatic rings. The molecule has 318 valence electrons. The van der Waals surface area contributed by atoms with E-state index in [0.29, 0.717) is 11.4 Å². The quantitative estimate of drug-likeness (QED) is 0.0777. The van der Waals surface area contributed by atoms with Gasteiger partial charge >= 0.3 is 48.9 Å². The lowest BCUT2D eigenvalue weighted by atomic mass is 10.2. The van der Waals surface area contributed by atoms with Gasteiger partial charge < -0.3 is 24.8 Å². The Hall–Kier alpha value is -5.79. The first-order valence-electron chi connectivity index (χ1n) is 16.1. The van der Waals surface area contributed by atoms with Gasteiger partial charge in [0.05, 0.1) is 0 Å². The second kappa shape index (κ2) is 18.2.